The third kappa shape index (κ3) is 4.05. The van der Waals surface area contributed by atoms with Crippen LogP contribution in [0.5, 0.6) is 0 Å². The number of ketones is 1. The molecule has 8 atom stereocenters. The Balaban J connectivity index is 1.46. The second kappa shape index (κ2) is 8.09. The molecular formula is C28H44O5. The minimum Gasteiger partial charge on any atom is -0.481 e. The Bertz CT molecular complexity index is 832. The van der Waals surface area contributed by atoms with Crippen LogP contribution < -0.4 is 0 Å². The zero-order valence-electron chi connectivity index (χ0n) is 21.5. The molecule has 0 saturated heterocycles. The van der Waals surface area contributed by atoms with Gasteiger partial charge in [-0.15, -0.1) is 0 Å². The van der Waals surface area contributed by atoms with Gasteiger partial charge in [-0.3, -0.25) is 14.4 Å². The van der Waals surface area contributed by atoms with Gasteiger partial charge in [0, 0.05) is 5.92 Å². The number of rotatable bonds is 5. The van der Waals surface area contributed by atoms with Crippen molar-refractivity contribution in [2.45, 2.75) is 111 Å². The highest BCUT2D eigenvalue weighted by atomic mass is 16.6. The smallest absolute Gasteiger partial charge is 0.309 e. The number of esters is 1. The van der Waals surface area contributed by atoms with Crippen LogP contribution in [-0.4, -0.2) is 28.4 Å². The van der Waals surface area contributed by atoms with Crippen molar-refractivity contribution in [1.82, 2.24) is 0 Å². The molecule has 5 nitrogen and oxygen atoms in total. The fourth-order valence-electron chi connectivity index (χ4n) is 8.92. The molecule has 0 amide bonds. The van der Waals surface area contributed by atoms with Crippen LogP contribution in [0.25, 0.3) is 0 Å². The molecule has 4 aliphatic rings. The van der Waals surface area contributed by atoms with Crippen LogP contribution in [0.2, 0.25) is 0 Å². The summed E-state index contributed by atoms with van der Waals surface area (Å²) in [4.78, 5) is 36.4. The molecule has 0 unspecified atom stereocenters. The third-order valence-corrected chi connectivity index (χ3v) is 11.0. The molecular weight excluding hydrogens is 416 g/mol. The SMILES string of the molecule is CC(=O)[C@H]1CC[C@H]2[C@@H]3CC[C@H]4C[C@](C)(OC(=O)CC(C)(C)C(=O)O)CC[C@]4(C)[C@H]3CC[C@]12C. The van der Waals surface area contributed by atoms with Gasteiger partial charge in [-0.25, -0.2) is 0 Å². The standard InChI is InChI=1S/C28H44O5/c1-17(29)20-9-10-21-19-8-7-18-15-26(4,33-23(30)16-25(2,3)24(31)32)13-14-27(18,5)22(19)11-12-28(20,21)6/h18-22H,7-16H2,1-6H3,(H,31,32)/t18-,19-,20+,21-,22-,26+,27-,28+/m0/s1. The molecule has 186 valence electrons. The van der Waals surface area contributed by atoms with E-state index in [4.69, 9.17) is 4.74 Å². The Kier molecular flexibility index (Phi) is 6.06. The Morgan fingerprint density at radius 1 is 0.909 bits per heavy atom. The van der Waals surface area contributed by atoms with E-state index in [1.54, 1.807) is 20.8 Å². The van der Waals surface area contributed by atoms with E-state index in [0.717, 1.165) is 31.6 Å². The van der Waals surface area contributed by atoms with Gasteiger partial charge in [0.15, 0.2) is 0 Å². The normalized spacial score (nSPS) is 44.8. The van der Waals surface area contributed by atoms with Gasteiger partial charge in [0.1, 0.15) is 11.4 Å². The summed E-state index contributed by atoms with van der Waals surface area (Å²) in [6.45, 7) is 11.9. The van der Waals surface area contributed by atoms with Crippen molar-refractivity contribution in [3.05, 3.63) is 0 Å². The van der Waals surface area contributed by atoms with E-state index < -0.39 is 23.0 Å². The topological polar surface area (TPSA) is 80.7 Å². The fourth-order valence-corrected chi connectivity index (χ4v) is 8.92. The number of hydrogen-bond acceptors (Lipinski definition) is 4. The van der Waals surface area contributed by atoms with Gasteiger partial charge in [-0.2, -0.15) is 0 Å². The summed E-state index contributed by atoms with van der Waals surface area (Å²) < 4.78 is 5.98. The molecule has 0 aromatic carbocycles. The average Bonchev–Trinajstić information content (AvgIpc) is 3.05. The van der Waals surface area contributed by atoms with Crippen molar-refractivity contribution in [3.8, 4) is 0 Å². The number of carbonyl (C=O) groups is 3. The van der Waals surface area contributed by atoms with E-state index in [2.05, 4.69) is 20.8 Å². The van der Waals surface area contributed by atoms with Gasteiger partial charge in [-0.05, 0) is 120 Å². The van der Waals surface area contributed by atoms with Crippen LogP contribution in [0.3, 0.4) is 0 Å². The Labute approximate surface area is 199 Å². The monoisotopic (exact) mass is 460 g/mol. The summed E-state index contributed by atoms with van der Waals surface area (Å²) in [5, 5.41) is 9.36. The zero-order valence-corrected chi connectivity index (χ0v) is 21.5. The molecule has 33 heavy (non-hydrogen) atoms. The molecule has 0 bridgehead atoms. The highest BCUT2D eigenvalue weighted by molar-refractivity contribution is 5.81. The van der Waals surface area contributed by atoms with Crippen LogP contribution in [-0.2, 0) is 19.1 Å². The van der Waals surface area contributed by atoms with E-state index in [9.17, 15) is 19.5 Å². The maximum Gasteiger partial charge on any atom is 0.309 e. The number of carboxylic acid groups (broad SMARTS) is 1. The quantitative estimate of drug-likeness (QED) is 0.506. The average molecular weight is 461 g/mol. The first-order valence-electron chi connectivity index (χ1n) is 13.2. The number of ether oxygens (including phenoxy) is 1. The van der Waals surface area contributed by atoms with E-state index >= 15 is 0 Å². The zero-order chi connectivity index (χ0) is 24.4. The number of fused-ring (bicyclic) bond motifs is 5. The second-order valence-corrected chi connectivity index (χ2v) is 13.4. The Hall–Kier alpha value is -1.39. The van der Waals surface area contributed by atoms with Crippen LogP contribution in [0.1, 0.15) is 106 Å². The van der Waals surface area contributed by atoms with Crippen LogP contribution in [0.15, 0.2) is 0 Å². The highest BCUT2D eigenvalue weighted by Gasteiger charge is 2.61. The molecule has 0 aromatic heterocycles. The molecule has 4 rings (SSSR count). The molecule has 0 spiro atoms. The molecule has 1 N–H and O–H groups in total. The van der Waals surface area contributed by atoms with Crippen molar-refractivity contribution >= 4 is 17.7 Å². The van der Waals surface area contributed by atoms with Crippen LogP contribution in [0, 0.1) is 45.8 Å². The predicted molar refractivity (Wildman–Crippen MR) is 126 cm³/mol. The summed E-state index contributed by atoms with van der Waals surface area (Å²) in [6, 6.07) is 0. The Morgan fingerprint density at radius 3 is 2.21 bits per heavy atom. The Morgan fingerprint density at radius 2 is 1.58 bits per heavy atom. The van der Waals surface area contributed by atoms with Crippen molar-refractivity contribution in [3.63, 3.8) is 0 Å². The lowest BCUT2D eigenvalue weighted by Crippen LogP contribution is -2.56. The number of Topliss-reactive ketones (excluding diaryl/α,β-unsaturated/α-hetero) is 1. The van der Waals surface area contributed by atoms with E-state index in [1.807, 2.05) is 0 Å². The minimum absolute atomic E-state index is 0.0951. The summed E-state index contributed by atoms with van der Waals surface area (Å²) in [5.41, 5.74) is -1.15. The maximum atomic E-state index is 12.6. The predicted octanol–water partition coefficient (Wildman–Crippen LogP) is 6.04. The molecule has 4 saturated carbocycles. The number of carbonyl (C=O) groups excluding carboxylic acids is 2. The van der Waals surface area contributed by atoms with Crippen LogP contribution in [0.4, 0.5) is 0 Å². The molecule has 0 aromatic rings. The van der Waals surface area contributed by atoms with Crippen molar-refractivity contribution in [1.29, 1.82) is 0 Å². The lowest BCUT2D eigenvalue weighted by Gasteiger charge is -2.62. The lowest BCUT2D eigenvalue weighted by atomic mass is 9.44. The van der Waals surface area contributed by atoms with Gasteiger partial charge >= 0.3 is 11.9 Å². The summed E-state index contributed by atoms with van der Waals surface area (Å²) in [5.74, 6) is 1.90. The molecule has 0 radical (unpaired) electrons. The fraction of sp³-hybridized carbons (Fsp3) is 0.893. The van der Waals surface area contributed by atoms with Gasteiger partial charge < -0.3 is 9.84 Å². The maximum absolute atomic E-state index is 12.6. The highest BCUT2D eigenvalue weighted by Crippen LogP contribution is 2.68. The first kappa shape index (κ1) is 24.7. The molecule has 0 aliphatic heterocycles. The minimum atomic E-state index is -1.11. The molecule has 5 heteroatoms. The number of aliphatic carboxylic acids is 1. The van der Waals surface area contributed by atoms with Crippen LogP contribution >= 0.6 is 0 Å². The van der Waals surface area contributed by atoms with Crippen molar-refractivity contribution < 1.29 is 24.2 Å². The first-order valence-corrected chi connectivity index (χ1v) is 13.2. The van der Waals surface area contributed by atoms with Gasteiger partial charge in [0.05, 0.1) is 11.8 Å². The third-order valence-electron chi connectivity index (χ3n) is 11.0. The second-order valence-electron chi connectivity index (χ2n) is 13.4. The van der Waals surface area contributed by atoms with Crippen molar-refractivity contribution in [2.24, 2.45) is 45.8 Å². The largest absolute Gasteiger partial charge is 0.481 e. The summed E-state index contributed by atoms with van der Waals surface area (Å²) >= 11 is 0. The van der Waals surface area contributed by atoms with Gasteiger partial charge in [0.25, 0.3) is 0 Å². The van der Waals surface area contributed by atoms with Crippen molar-refractivity contribution in [2.75, 3.05) is 0 Å². The molecule has 4 fully saturated rings. The molecule has 0 heterocycles. The lowest BCUT2D eigenvalue weighted by molar-refractivity contribution is -0.184. The van der Waals surface area contributed by atoms with E-state index in [1.165, 1.54) is 32.1 Å². The number of hydrogen-bond donors (Lipinski definition) is 1. The number of carboxylic acids is 1. The van der Waals surface area contributed by atoms with Gasteiger partial charge in [0.2, 0.25) is 0 Å². The van der Waals surface area contributed by atoms with Gasteiger partial charge in [-0.1, -0.05) is 13.8 Å². The van der Waals surface area contributed by atoms with E-state index in [0.29, 0.717) is 23.5 Å². The van der Waals surface area contributed by atoms with E-state index in [-0.39, 0.29) is 23.2 Å². The first-order chi connectivity index (χ1) is 15.2. The summed E-state index contributed by atoms with van der Waals surface area (Å²) in [7, 11) is 0. The molecule has 4 aliphatic carbocycles. The summed E-state index contributed by atoms with van der Waals surface area (Å²) in [6.07, 6.45) is 9.75.